The third kappa shape index (κ3) is 2.75. The van der Waals surface area contributed by atoms with Crippen molar-refractivity contribution in [1.82, 2.24) is 0 Å². The predicted octanol–water partition coefficient (Wildman–Crippen LogP) is 2.95. The van der Waals surface area contributed by atoms with Crippen LogP contribution in [0.15, 0.2) is 12.1 Å². The number of carbonyl (C=O) groups is 1. The minimum Gasteiger partial charge on any atom is -0.485 e. The molecule has 0 saturated heterocycles. The van der Waals surface area contributed by atoms with Crippen LogP contribution in [-0.4, -0.2) is 12.4 Å². The molecule has 0 aromatic heterocycles. The zero-order valence-electron chi connectivity index (χ0n) is 8.59. The van der Waals surface area contributed by atoms with Gasteiger partial charge in [0.15, 0.2) is 17.4 Å². The number of carbonyl (C=O) groups excluding carboxylic acids is 1. The summed E-state index contributed by atoms with van der Waals surface area (Å²) < 4.78 is 31.6. The minimum atomic E-state index is -0.850. The molecule has 0 bridgehead atoms. The minimum absolute atomic E-state index is 0.0403. The molecule has 0 amide bonds. The highest BCUT2D eigenvalue weighted by atomic mass is 19.1. The molecule has 0 fully saturated rings. The summed E-state index contributed by atoms with van der Waals surface area (Å²) in [5, 5.41) is 0. The van der Waals surface area contributed by atoms with E-state index in [2.05, 4.69) is 0 Å². The maximum absolute atomic E-state index is 13.3. The van der Waals surface area contributed by atoms with Gasteiger partial charge in [0.05, 0.1) is 6.10 Å². The van der Waals surface area contributed by atoms with Crippen molar-refractivity contribution in [3.8, 4) is 5.75 Å². The van der Waals surface area contributed by atoms with Gasteiger partial charge in [-0.15, -0.1) is 0 Å². The Kier molecular flexibility index (Phi) is 3.77. The Balaban J connectivity index is 3.02. The van der Waals surface area contributed by atoms with Crippen molar-refractivity contribution in [1.29, 1.82) is 0 Å². The van der Waals surface area contributed by atoms with E-state index in [1.165, 1.54) is 0 Å². The molecule has 0 heterocycles. The summed E-state index contributed by atoms with van der Waals surface area (Å²) in [6.07, 6.45) is 0.768. The monoisotopic (exact) mass is 214 g/mol. The molecule has 1 rings (SSSR count). The molecule has 0 aliphatic rings. The lowest BCUT2D eigenvalue weighted by Crippen LogP contribution is -2.12. The molecule has 1 aromatic carbocycles. The van der Waals surface area contributed by atoms with Crippen LogP contribution in [0.2, 0.25) is 0 Å². The van der Waals surface area contributed by atoms with E-state index in [-0.39, 0.29) is 11.7 Å². The Hall–Kier alpha value is -1.45. The molecule has 0 spiro atoms. The SMILES string of the molecule is CCC(C)Oc1c(F)cc(C=O)cc1F. The summed E-state index contributed by atoms with van der Waals surface area (Å²) in [6, 6.07) is 1.90. The second kappa shape index (κ2) is 4.87. The first-order valence-corrected chi connectivity index (χ1v) is 4.69. The van der Waals surface area contributed by atoms with Crippen LogP contribution in [0.4, 0.5) is 8.78 Å². The maximum atomic E-state index is 13.3. The van der Waals surface area contributed by atoms with E-state index in [1.54, 1.807) is 6.92 Å². The number of hydrogen-bond donors (Lipinski definition) is 0. The topological polar surface area (TPSA) is 26.3 Å². The van der Waals surface area contributed by atoms with Gasteiger partial charge in [0, 0.05) is 5.56 Å². The lowest BCUT2D eigenvalue weighted by Gasteiger charge is -2.13. The van der Waals surface area contributed by atoms with Crippen LogP contribution in [0.25, 0.3) is 0 Å². The van der Waals surface area contributed by atoms with Gasteiger partial charge in [-0.3, -0.25) is 4.79 Å². The van der Waals surface area contributed by atoms with Gasteiger partial charge in [0.2, 0.25) is 0 Å². The van der Waals surface area contributed by atoms with Crippen LogP contribution in [-0.2, 0) is 0 Å². The van der Waals surface area contributed by atoms with E-state index in [1.807, 2.05) is 6.92 Å². The van der Waals surface area contributed by atoms with Crippen LogP contribution < -0.4 is 4.74 Å². The van der Waals surface area contributed by atoms with E-state index in [0.717, 1.165) is 12.1 Å². The van der Waals surface area contributed by atoms with Crippen LogP contribution in [0.5, 0.6) is 5.75 Å². The van der Waals surface area contributed by atoms with Gasteiger partial charge >= 0.3 is 0 Å². The summed E-state index contributed by atoms with van der Waals surface area (Å²) in [7, 11) is 0. The average molecular weight is 214 g/mol. The first-order chi connectivity index (χ1) is 7.08. The van der Waals surface area contributed by atoms with Crippen LogP contribution in [0, 0.1) is 11.6 Å². The highest BCUT2D eigenvalue weighted by Gasteiger charge is 2.14. The van der Waals surface area contributed by atoms with Crippen molar-refractivity contribution in [2.75, 3.05) is 0 Å². The van der Waals surface area contributed by atoms with Gasteiger partial charge in [0.25, 0.3) is 0 Å². The third-order valence-corrected chi connectivity index (χ3v) is 2.05. The Morgan fingerprint density at radius 2 is 1.93 bits per heavy atom. The predicted molar refractivity (Wildman–Crippen MR) is 52.1 cm³/mol. The molecule has 0 radical (unpaired) electrons. The van der Waals surface area contributed by atoms with E-state index in [4.69, 9.17) is 4.74 Å². The molecule has 0 aliphatic carbocycles. The molecular formula is C11H12F2O2. The Morgan fingerprint density at radius 3 is 2.33 bits per heavy atom. The fraction of sp³-hybridized carbons (Fsp3) is 0.364. The van der Waals surface area contributed by atoms with Gasteiger partial charge in [-0.1, -0.05) is 6.92 Å². The molecular weight excluding hydrogens is 202 g/mol. The van der Waals surface area contributed by atoms with Crippen LogP contribution >= 0.6 is 0 Å². The van der Waals surface area contributed by atoms with E-state index in [9.17, 15) is 13.6 Å². The van der Waals surface area contributed by atoms with Crippen molar-refractivity contribution in [3.63, 3.8) is 0 Å². The maximum Gasteiger partial charge on any atom is 0.191 e. The summed E-state index contributed by atoms with van der Waals surface area (Å²) in [5.74, 6) is -2.12. The smallest absolute Gasteiger partial charge is 0.191 e. The Bertz CT molecular complexity index is 341. The molecule has 0 aliphatic heterocycles. The first-order valence-electron chi connectivity index (χ1n) is 4.69. The van der Waals surface area contributed by atoms with Crippen molar-refractivity contribution in [3.05, 3.63) is 29.3 Å². The summed E-state index contributed by atoms with van der Waals surface area (Å²) in [6.45, 7) is 3.56. The molecule has 1 unspecified atom stereocenters. The number of benzene rings is 1. The quantitative estimate of drug-likeness (QED) is 0.720. The van der Waals surface area contributed by atoms with E-state index in [0.29, 0.717) is 12.7 Å². The normalized spacial score (nSPS) is 12.3. The molecule has 4 heteroatoms. The second-order valence-electron chi connectivity index (χ2n) is 3.27. The highest BCUT2D eigenvalue weighted by molar-refractivity contribution is 5.75. The van der Waals surface area contributed by atoms with Gasteiger partial charge in [0.1, 0.15) is 6.29 Å². The summed E-state index contributed by atoms with van der Waals surface area (Å²) >= 11 is 0. The second-order valence-corrected chi connectivity index (χ2v) is 3.27. The summed E-state index contributed by atoms with van der Waals surface area (Å²) in [5.41, 5.74) is -0.0403. The standard InChI is InChI=1S/C11H12F2O2/c1-3-7(2)15-11-9(12)4-8(6-14)5-10(11)13/h4-7H,3H2,1-2H3. The number of ether oxygens (including phenoxy) is 1. The number of rotatable bonds is 4. The van der Waals surface area contributed by atoms with Gasteiger partial charge in [-0.05, 0) is 25.5 Å². The lowest BCUT2D eigenvalue weighted by atomic mass is 10.2. The fourth-order valence-corrected chi connectivity index (χ4v) is 1.04. The third-order valence-electron chi connectivity index (χ3n) is 2.05. The van der Waals surface area contributed by atoms with Gasteiger partial charge in [-0.2, -0.15) is 0 Å². The van der Waals surface area contributed by atoms with Gasteiger partial charge in [-0.25, -0.2) is 8.78 Å². The molecule has 15 heavy (non-hydrogen) atoms. The van der Waals surface area contributed by atoms with Crippen LogP contribution in [0.1, 0.15) is 30.6 Å². The van der Waals surface area contributed by atoms with Crippen molar-refractivity contribution in [2.24, 2.45) is 0 Å². The number of aldehydes is 1. The number of hydrogen-bond acceptors (Lipinski definition) is 2. The van der Waals surface area contributed by atoms with E-state index >= 15 is 0 Å². The fourth-order valence-electron chi connectivity index (χ4n) is 1.04. The Labute approximate surface area is 86.9 Å². The lowest BCUT2D eigenvalue weighted by molar-refractivity contribution is 0.112. The highest BCUT2D eigenvalue weighted by Crippen LogP contribution is 2.24. The van der Waals surface area contributed by atoms with Crippen molar-refractivity contribution >= 4 is 6.29 Å². The molecule has 1 aromatic rings. The molecule has 1 atom stereocenters. The van der Waals surface area contributed by atoms with Gasteiger partial charge < -0.3 is 4.74 Å². The van der Waals surface area contributed by atoms with Crippen molar-refractivity contribution in [2.45, 2.75) is 26.4 Å². The number of halogens is 2. The Morgan fingerprint density at radius 1 is 1.40 bits per heavy atom. The van der Waals surface area contributed by atoms with E-state index < -0.39 is 17.4 Å². The molecule has 0 N–H and O–H groups in total. The molecule has 2 nitrogen and oxygen atoms in total. The first kappa shape index (κ1) is 11.6. The molecule has 0 saturated carbocycles. The zero-order chi connectivity index (χ0) is 11.4. The molecule has 82 valence electrons. The largest absolute Gasteiger partial charge is 0.485 e. The zero-order valence-corrected chi connectivity index (χ0v) is 8.59. The van der Waals surface area contributed by atoms with Crippen LogP contribution in [0.3, 0.4) is 0 Å². The van der Waals surface area contributed by atoms with Crippen molar-refractivity contribution < 1.29 is 18.3 Å². The average Bonchev–Trinajstić information content (AvgIpc) is 2.22. The summed E-state index contributed by atoms with van der Waals surface area (Å²) in [4.78, 5) is 10.3.